The molecule has 7 heteroatoms. The predicted molar refractivity (Wildman–Crippen MR) is 114 cm³/mol. The summed E-state index contributed by atoms with van der Waals surface area (Å²) >= 11 is 5.23. The van der Waals surface area contributed by atoms with Crippen LogP contribution in [-0.4, -0.2) is 37.4 Å². The molecular formula is C21H24N2O4S. The molecule has 2 aromatic rings. The number of nitrogens with one attached hydrogen (secondary N) is 2. The van der Waals surface area contributed by atoms with Crippen molar-refractivity contribution in [1.29, 1.82) is 0 Å². The molecule has 0 heterocycles. The van der Waals surface area contributed by atoms with E-state index in [-0.39, 0.29) is 11.0 Å². The van der Waals surface area contributed by atoms with Crippen LogP contribution >= 0.6 is 12.2 Å². The van der Waals surface area contributed by atoms with Gasteiger partial charge in [-0.2, -0.15) is 0 Å². The Labute approximate surface area is 170 Å². The summed E-state index contributed by atoms with van der Waals surface area (Å²) in [6.45, 7) is 7.40. The molecule has 28 heavy (non-hydrogen) atoms. The minimum absolute atomic E-state index is 0.189. The van der Waals surface area contributed by atoms with Crippen molar-refractivity contribution in [1.82, 2.24) is 5.32 Å². The molecule has 2 N–H and O–H groups in total. The van der Waals surface area contributed by atoms with Gasteiger partial charge in [-0.3, -0.25) is 10.1 Å². The number of para-hydroxylation sites is 1. The van der Waals surface area contributed by atoms with Gasteiger partial charge >= 0.3 is 0 Å². The van der Waals surface area contributed by atoms with Crippen LogP contribution in [0.1, 0.15) is 17.3 Å². The van der Waals surface area contributed by atoms with Crippen molar-refractivity contribution in [2.75, 3.05) is 31.7 Å². The molecule has 0 spiro atoms. The smallest absolute Gasteiger partial charge is 0.261 e. The highest BCUT2D eigenvalue weighted by molar-refractivity contribution is 7.80. The van der Waals surface area contributed by atoms with Crippen molar-refractivity contribution in [2.24, 2.45) is 0 Å². The third kappa shape index (κ3) is 7.02. The number of hydrogen-bond donors (Lipinski definition) is 2. The summed E-state index contributed by atoms with van der Waals surface area (Å²) in [4.78, 5) is 12.5. The first-order valence-electron chi connectivity index (χ1n) is 8.89. The lowest BCUT2D eigenvalue weighted by Gasteiger charge is -2.13. The molecule has 1 amide bonds. The number of thiocarbonyl (C=S) groups is 1. The Balaban J connectivity index is 1.91. The molecule has 0 atom stereocenters. The molecule has 148 valence electrons. The SMILES string of the molecule is C=CCOc1ccc(NC(=S)NC(=O)c2ccccc2OCCOCC)cc1. The Morgan fingerprint density at radius 3 is 2.57 bits per heavy atom. The maximum absolute atomic E-state index is 12.5. The van der Waals surface area contributed by atoms with Crippen LogP contribution in [0.2, 0.25) is 0 Å². The Bertz CT molecular complexity index is 793. The second kappa shape index (κ2) is 11.7. The van der Waals surface area contributed by atoms with Crippen LogP contribution in [0.15, 0.2) is 61.2 Å². The summed E-state index contributed by atoms with van der Waals surface area (Å²) in [6.07, 6.45) is 1.68. The highest BCUT2D eigenvalue weighted by Crippen LogP contribution is 2.18. The van der Waals surface area contributed by atoms with Crippen molar-refractivity contribution >= 4 is 28.9 Å². The van der Waals surface area contributed by atoms with Gasteiger partial charge in [0.25, 0.3) is 5.91 Å². The lowest BCUT2D eigenvalue weighted by atomic mass is 10.2. The molecule has 0 aromatic heterocycles. The normalized spacial score (nSPS) is 10.0. The summed E-state index contributed by atoms with van der Waals surface area (Å²) in [5.74, 6) is 0.847. The monoisotopic (exact) mass is 400 g/mol. The van der Waals surface area contributed by atoms with Crippen molar-refractivity contribution in [2.45, 2.75) is 6.92 Å². The van der Waals surface area contributed by atoms with Crippen molar-refractivity contribution < 1.29 is 19.0 Å². The van der Waals surface area contributed by atoms with E-state index >= 15 is 0 Å². The van der Waals surface area contributed by atoms with E-state index in [4.69, 9.17) is 26.4 Å². The van der Waals surface area contributed by atoms with E-state index in [2.05, 4.69) is 17.2 Å². The van der Waals surface area contributed by atoms with E-state index < -0.39 is 0 Å². The van der Waals surface area contributed by atoms with Gasteiger partial charge in [0.2, 0.25) is 0 Å². The van der Waals surface area contributed by atoms with Gasteiger partial charge in [0.15, 0.2) is 5.11 Å². The minimum atomic E-state index is -0.351. The number of rotatable bonds is 10. The van der Waals surface area contributed by atoms with Gasteiger partial charge in [-0.05, 0) is 55.5 Å². The summed E-state index contributed by atoms with van der Waals surface area (Å²) in [5, 5.41) is 5.82. The third-order valence-electron chi connectivity index (χ3n) is 3.53. The summed E-state index contributed by atoms with van der Waals surface area (Å²) in [6, 6.07) is 14.2. The van der Waals surface area contributed by atoms with Crippen LogP contribution in [0.5, 0.6) is 11.5 Å². The van der Waals surface area contributed by atoms with Crippen LogP contribution in [0.3, 0.4) is 0 Å². The van der Waals surface area contributed by atoms with E-state index in [0.29, 0.717) is 37.7 Å². The zero-order valence-corrected chi connectivity index (χ0v) is 16.6. The molecule has 2 rings (SSSR count). The van der Waals surface area contributed by atoms with E-state index in [0.717, 1.165) is 11.4 Å². The first-order valence-corrected chi connectivity index (χ1v) is 9.30. The van der Waals surface area contributed by atoms with E-state index in [1.54, 1.807) is 42.5 Å². The summed E-state index contributed by atoms with van der Waals surface area (Å²) < 4.78 is 16.3. The molecule has 0 bridgehead atoms. The average molecular weight is 401 g/mol. The van der Waals surface area contributed by atoms with Crippen LogP contribution in [0, 0.1) is 0 Å². The molecule has 0 unspecified atom stereocenters. The molecule has 0 saturated carbocycles. The standard InChI is InChI=1S/C21H24N2O4S/c1-3-13-26-17-11-9-16(10-12-17)22-21(28)23-20(24)18-7-5-6-8-19(18)27-15-14-25-4-2/h3,5-12H,1,4,13-15H2,2H3,(H2,22,23,24,28). The lowest BCUT2D eigenvalue weighted by Crippen LogP contribution is -2.34. The van der Waals surface area contributed by atoms with Gasteiger partial charge < -0.3 is 19.5 Å². The van der Waals surface area contributed by atoms with Gasteiger partial charge in [-0.15, -0.1) is 0 Å². The lowest BCUT2D eigenvalue weighted by molar-refractivity contribution is 0.0958. The van der Waals surface area contributed by atoms with Crippen LogP contribution in [-0.2, 0) is 4.74 Å². The van der Waals surface area contributed by atoms with Gasteiger partial charge in [0, 0.05) is 12.3 Å². The highest BCUT2D eigenvalue weighted by atomic mass is 32.1. The Hall–Kier alpha value is -2.90. The summed E-state index contributed by atoms with van der Waals surface area (Å²) in [7, 11) is 0. The molecule has 0 aliphatic rings. The zero-order chi connectivity index (χ0) is 20.2. The topological polar surface area (TPSA) is 68.8 Å². The number of ether oxygens (including phenoxy) is 3. The van der Waals surface area contributed by atoms with Gasteiger partial charge in [0.1, 0.15) is 24.7 Å². The largest absolute Gasteiger partial charge is 0.490 e. The van der Waals surface area contributed by atoms with E-state index in [1.165, 1.54) is 0 Å². The molecule has 6 nitrogen and oxygen atoms in total. The molecule has 0 fully saturated rings. The molecular weight excluding hydrogens is 376 g/mol. The first kappa shape index (κ1) is 21.4. The fraction of sp³-hybridized carbons (Fsp3) is 0.238. The second-order valence-electron chi connectivity index (χ2n) is 5.57. The second-order valence-corrected chi connectivity index (χ2v) is 5.98. The van der Waals surface area contributed by atoms with Crippen LogP contribution < -0.4 is 20.1 Å². The third-order valence-corrected chi connectivity index (χ3v) is 3.73. The van der Waals surface area contributed by atoms with E-state index in [9.17, 15) is 4.79 Å². The first-order chi connectivity index (χ1) is 13.6. The van der Waals surface area contributed by atoms with Crippen molar-refractivity contribution in [3.63, 3.8) is 0 Å². The number of hydrogen-bond acceptors (Lipinski definition) is 5. The fourth-order valence-corrected chi connectivity index (χ4v) is 2.47. The fourth-order valence-electron chi connectivity index (χ4n) is 2.26. The Morgan fingerprint density at radius 2 is 1.86 bits per heavy atom. The molecule has 0 saturated heterocycles. The highest BCUT2D eigenvalue weighted by Gasteiger charge is 2.13. The minimum Gasteiger partial charge on any atom is -0.490 e. The van der Waals surface area contributed by atoms with Crippen LogP contribution in [0.4, 0.5) is 5.69 Å². The quantitative estimate of drug-likeness (QED) is 0.359. The molecule has 0 radical (unpaired) electrons. The number of anilines is 1. The van der Waals surface area contributed by atoms with Gasteiger partial charge in [-0.1, -0.05) is 24.8 Å². The Morgan fingerprint density at radius 1 is 1.11 bits per heavy atom. The molecule has 0 aliphatic heterocycles. The molecule has 2 aromatic carbocycles. The predicted octanol–water partition coefficient (Wildman–Crippen LogP) is 3.79. The van der Waals surface area contributed by atoms with E-state index in [1.807, 2.05) is 19.1 Å². The maximum Gasteiger partial charge on any atom is 0.261 e. The van der Waals surface area contributed by atoms with Crippen molar-refractivity contribution in [3.8, 4) is 11.5 Å². The average Bonchev–Trinajstić information content (AvgIpc) is 2.71. The van der Waals surface area contributed by atoms with Crippen molar-refractivity contribution in [3.05, 3.63) is 66.7 Å². The van der Waals surface area contributed by atoms with Gasteiger partial charge in [-0.25, -0.2) is 0 Å². The van der Waals surface area contributed by atoms with Gasteiger partial charge in [0.05, 0.1) is 12.2 Å². The summed E-state index contributed by atoms with van der Waals surface area (Å²) in [5.41, 5.74) is 1.13. The maximum atomic E-state index is 12.5. The Kier molecular flexibility index (Phi) is 8.97. The van der Waals surface area contributed by atoms with Crippen LogP contribution in [0.25, 0.3) is 0 Å². The number of amides is 1. The number of carbonyl (C=O) groups is 1. The molecule has 0 aliphatic carbocycles. The number of benzene rings is 2. The zero-order valence-electron chi connectivity index (χ0n) is 15.8. The number of carbonyl (C=O) groups excluding carboxylic acids is 1.